The zero-order valence-electron chi connectivity index (χ0n) is 34.1. The fourth-order valence-corrected chi connectivity index (χ4v) is 10.4. The third kappa shape index (κ3) is 6.60. The zero-order valence-corrected chi connectivity index (χ0v) is 34.9. The number of nitrogens with zero attached hydrogens (tertiary/aromatic N) is 4. The molecule has 4 heterocycles. The highest BCUT2D eigenvalue weighted by atomic mass is 32.1. The van der Waals surface area contributed by atoms with Gasteiger partial charge in [-0.2, -0.15) is 0 Å². The first-order chi connectivity index (χ1) is 29.5. The highest BCUT2D eigenvalue weighted by Gasteiger charge is 2.27. The van der Waals surface area contributed by atoms with Crippen LogP contribution in [0, 0.1) is 13.8 Å². The molecule has 5 heteroatoms. The Balaban J connectivity index is 1.05. The third-order valence-corrected chi connectivity index (χ3v) is 13.4. The van der Waals surface area contributed by atoms with Crippen LogP contribution in [0.5, 0.6) is 0 Å². The second-order valence-electron chi connectivity index (χ2n) is 16.4. The fraction of sp³-hybridized carbons (Fsp3) is 0.145. The van der Waals surface area contributed by atoms with Crippen molar-refractivity contribution in [3.05, 3.63) is 191 Å². The van der Waals surface area contributed by atoms with Crippen molar-refractivity contribution in [2.45, 2.75) is 39.5 Å². The number of benzene rings is 7. The summed E-state index contributed by atoms with van der Waals surface area (Å²) >= 11 is 1.75. The minimum Gasteiger partial charge on any atom is -0.371 e. The Kier molecular flexibility index (Phi) is 9.20. The molecule has 11 rings (SSSR count). The van der Waals surface area contributed by atoms with Gasteiger partial charge in [0.25, 0.3) is 0 Å². The maximum absolute atomic E-state index is 4.91. The molecule has 0 atom stereocenters. The van der Waals surface area contributed by atoms with Crippen LogP contribution in [0.1, 0.15) is 46.2 Å². The quantitative estimate of drug-likeness (QED) is 0.153. The molecule has 9 aromatic rings. The van der Waals surface area contributed by atoms with Crippen LogP contribution in [-0.4, -0.2) is 22.6 Å². The molecule has 2 aromatic heterocycles. The fourth-order valence-electron chi connectivity index (χ4n) is 9.42. The summed E-state index contributed by atoms with van der Waals surface area (Å²) in [6.07, 6.45) is 9.30. The molecule has 60 heavy (non-hydrogen) atoms. The maximum atomic E-state index is 4.91. The van der Waals surface area contributed by atoms with Crippen LogP contribution in [0.2, 0.25) is 0 Å². The van der Waals surface area contributed by atoms with Gasteiger partial charge in [-0.3, -0.25) is 0 Å². The number of aromatic nitrogens is 2. The molecule has 0 amide bonds. The van der Waals surface area contributed by atoms with E-state index in [0.717, 1.165) is 57.2 Å². The minimum atomic E-state index is 1.05. The Labute approximate surface area is 356 Å². The van der Waals surface area contributed by atoms with E-state index in [-0.39, 0.29) is 0 Å². The van der Waals surface area contributed by atoms with Gasteiger partial charge < -0.3 is 14.4 Å². The van der Waals surface area contributed by atoms with Gasteiger partial charge in [0.1, 0.15) is 5.01 Å². The molecule has 7 aromatic carbocycles. The van der Waals surface area contributed by atoms with Gasteiger partial charge in [-0.1, -0.05) is 102 Å². The van der Waals surface area contributed by atoms with Gasteiger partial charge in [0.05, 0.1) is 21.4 Å². The summed E-state index contributed by atoms with van der Waals surface area (Å²) in [5, 5.41) is 2.30. The second kappa shape index (κ2) is 15.2. The number of aryl methyl sites for hydroxylation is 4. The van der Waals surface area contributed by atoms with Crippen molar-refractivity contribution in [1.29, 1.82) is 0 Å². The van der Waals surface area contributed by atoms with Gasteiger partial charge in [-0.15, -0.1) is 11.3 Å². The Morgan fingerprint density at radius 2 is 1.20 bits per heavy atom. The van der Waals surface area contributed by atoms with Gasteiger partial charge >= 0.3 is 0 Å². The molecule has 0 bridgehead atoms. The minimum absolute atomic E-state index is 1.05. The Morgan fingerprint density at radius 3 is 1.85 bits per heavy atom. The summed E-state index contributed by atoms with van der Waals surface area (Å²) in [5.41, 5.74) is 19.9. The lowest BCUT2D eigenvalue weighted by Crippen LogP contribution is -2.34. The molecule has 0 saturated carbocycles. The van der Waals surface area contributed by atoms with E-state index in [1.165, 1.54) is 86.3 Å². The van der Waals surface area contributed by atoms with Crippen LogP contribution in [0.4, 0.5) is 22.7 Å². The van der Waals surface area contributed by atoms with Crippen molar-refractivity contribution in [2.75, 3.05) is 22.9 Å². The van der Waals surface area contributed by atoms with Crippen molar-refractivity contribution >= 4 is 67.4 Å². The Morgan fingerprint density at radius 1 is 0.600 bits per heavy atom. The molecule has 0 unspecified atom stereocenters. The van der Waals surface area contributed by atoms with Crippen LogP contribution in [0.3, 0.4) is 0 Å². The highest BCUT2D eigenvalue weighted by Crippen LogP contribution is 2.44. The summed E-state index contributed by atoms with van der Waals surface area (Å²) < 4.78 is 3.73. The normalized spacial score (nSPS) is 13.7. The van der Waals surface area contributed by atoms with Crippen LogP contribution in [0.25, 0.3) is 60.8 Å². The average Bonchev–Trinajstić information content (AvgIpc) is 3.87. The van der Waals surface area contributed by atoms with Crippen molar-refractivity contribution < 1.29 is 0 Å². The number of hydrogen-bond acceptors (Lipinski definition) is 4. The van der Waals surface area contributed by atoms with E-state index >= 15 is 0 Å². The van der Waals surface area contributed by atoms with E-state index in [0.29, 0.717) is 0 Å². The molecule has 292 valence electrons. The first kappa shape index (κ1) is 36.4. The standard InChI is InChI=1S/C55H46N4S/c1-37-15-24-44(25-16-37)58(45-26-17-38(2)18-27-45)46-28-30-47(31-29-46)59-51-13-5-3-11-48(51)49(54(59)43-35-41-9-7-33-57-34-8-10-42(36-43)53(41)57)32-21-39-19-22-40(23-20-39)55-56-50-12-4-6-14-52(50)60-55/h3-6,11-32,35-36H,7-10,33-34H2,1-2H3/b32-21+. The van der Waals surface area contributed by atoms with E-state index in [1.807, 2.05) is 0 Å². The molecule has 4 nitrogen and oxygen atoms in total. The molecule has 0 aliphatic carbocycles. The Hall–Kier alpha value is -6.69. The maximum Gasteiger partial charge on any atom is 0.124 e. The predicted octanol–water partition coefficient (Wildman–Crippen LogP) is 14.5. The first-order valence-corrected chi connectivity index (χ1v) is 22.1. The lowest BCUT2D eigenvalue weighted by atomic mass is 9.88. The number of para-hydroxylation sites is 2. The third-order valence-electron chi connectivity index (χ3n) is 12.4. The monoisotopic (exact) mass is 794 g/mol. The summed E-state index contributed by atoms with van der Waals surface area (Å²) in [4.78, 5) is 9.91. The van der Waals surface area contributed by atoms with E-state index in [9.17, 15) is 0 Å². The van der Waals surface area contributed by atoms with Gasteiger partial charge in [0, 0.05) is 58.0 Å². The Bertz CT molecular complexity index is 2930. The van der Waals surface area contributed by atoms with Gasteiger partial charge in [-0.05, 0) is 141 Å². The number of hydrogen-bond donors (Lipinski definition) is 0. The number of thiazole rings is 1. The smallest absolute Gasteiger partial charge is 0.124 e. The lowest BCUT2D eigenvalue weighted by molar-refractivity contribution is 0.634. The molecule has 0 fully saturated rings. The topological polar surface area (TPSA) is 24.3 Å². The summed E-state index contributed by atoms with van der Waals surface area (Å²) in [6, 6.07) is 58.0. The van der Waals surface area contributed by atoms with Crippen molar-refractivity contribution in [3.8, 4) is 27.5 Å². The van der Waals surface area contributed by atoms with E-state index < -0.39 is 0 Å². The van der Waals surface area contributed by atoms with Crippen LogP contribution in [-0.2, 0) is 12.8 Å². The SMILES string of the molecule is Cc1ccc(N(c2ccc(C)cc2)c2ccc(-n3c(-c4cc5c6c(c4)CCCN6CCC5)c(/C=C/c4ccc(-c5nc6ccccc6s5)cc4)c4ccccc43)cc2)cc1. The summed E-state index contributed by atoms with van der Waals surface area (Å²) in [6.45, 7) is 6.62. The van der Waals surface area contributed by atoms with Gasteiger partial charge in [0.15, 0.2) is 0 Å². The lowest BCUT2D eigenvalue weighted by Gasteiger charge is -2.37. The van der Waals surface area contributed by atoms with Crippen LogP contribution in [0.15, 0.2) is 158 Å². The predicted molar refractivity (Wildman–Crippen MR) is 256 cm³/mol. The molecule has 0 N–H and O–H groups in total. The molecule has 0 spiro atoms. The molecular weight excluding hydrogens is 749 g/mol. The van der Waals surface area contributed by atoms with Crippen LogP contribution < -0.4 is 9.80 Å². The summed E-state index contributed by atoms with van der Waals surface area (Å²) in [5.74, 6) is 0. The zero-order chi connectivity index (χ0) is 40.2. The molecule has 2 aliphatic rings. The number of anilines is 4. The summed E-state index contributed by atoms with van der Waals surface area (Å²) in [7, 11) is 0. The number of fused-ring (bicyclic) bond motifs is 2. The van der Waals surface area contributed by atoms with Gasteiger partial charge in [-0.25, -0.2) is 4.98 Å². The first-order valence-electron chi connectivity index (χ1n) is 21.3. The van der Waals surface area contributed by atoms with Crippen molar-refractivity contribution in [1.82, 2.24) is 9.55 Å². The largest absolute Gasteiger partial charge is 0.371 e. The van der Waals surface area contributed by atoms with E-state index in [1.54, 1.807) is 11.3 Å². The second-order valence-corrected chi connectivity index (χ2v) is 17.4. The highest BCUT2D eigenvalue weighted by molar-refractivity contribution is 7.21. The molecule has 0 radical (unpaired) electrons. The molecule has 0 saturated heterocycles. The van der Waals surface area contributed by atoms with Crippen LogP contribution >= 0.6 is 11.3 Å². The van der Waals surface area contributed by atoms with E-state index in [2.05, 4.69) is 198 Å². The van der Waals surface area contributed by atoms with E-state index in [4.69, 9.17) is 4.98 Å². The molecule has 2 aliphatic heterocycles. The average molecular weight is 795 g/mol. The van der Waals surface area contributed by atoms with Crippen molar-refractivity contribution in [3.63, 3.8) is 0 Å². The van der Waals surface area contributed by atoms with Gasteiger partial charge in [0.2, 0.25) is 0 Å². The van der Waals surface area contributed by atoms with Crippen molar-refractivity contribution in [2.24, 2.45) is 0 Å². The number of rotatable bonds is 8. The molecular formula is C55H46N4S.